The Morgan fingerprint density at radius 3 is 2.56 bits per heavy atom. The van der Waals surface area contributed by atoms with Crippen molar-refractivity contribution in [3.63, 3.8) is 0 Å². The van der Waals surface area contributed by atoms with E-state index in [0.717, 1.165) is 45.4 Å². The normalized spacial score (nSPS) is 18.6. The zero-order valence-electron chi connectivity index (χ0n) is 12.0. The number of nitrogens with zero attached hydrogens (tertiary/aromatic N) is 1. The molecule has 1 fully saturated rings. The number of rotatable bonds is 8. The molecule has 1 saturated heterocycles. The van der Waals surface area contributed by atoms with Gasteiger partial charge in [-0.1, -0.05) is 33.1 Å². The molecule has 18 heavy (non-hydrogen) atoms. The lowest BCUT2D eigenvalue weighted by Gasteiger charge is -2.27. The van der Waals surface area contributed by atoms with Crippen LogP contribution in [0.25, 0.3) is 0 Å². The van der Waals surface area contributed by atoms with Gasteiger partial charge in [-0.15, -0.1) is 0 Å². The summed E-state index contributed by atoms with van der Waals surface area (Å²) >= 11 is 0. The number of nitrogens with one attached hydrogen (secondary N) is 2. The minimum absolute atomic E-state index is 0.200. The topological polar surface area (TPSA) is 44.4 Å². The van der Waals surface area contributed by atoms with Gasteiger partial charge in [0, 0.05) is 32.2 Å². The number of unbranched alkanes of at least 4 members (excludes halogenated alkanes) is 1. The van der Waals surface area contributed by atoms with Gasteiger partial charge < -0.3 is 10.6 Å². The van der Waals surface area contributed by atoms with Gasteiger partial charge >= 0.3 is 0 Å². The summed E-state index contributed by atoms with van der Waals surface area (Å²) in [5.41, 5.74) is 0. The molecule has 4 heteroatoms. The Bertz CT molecular complexity index is 227. The summed E-state index contributed by atoms with van der Waals surface area (Å²) in [4.78, 5) is 14.2. The van der Waals surface area contributed by atoms with Crippen molar-refractivity contribution >= 4 is 5.91 Å². The van der Waals surface area contributed by atoms with Crippen LogP contribution in [0.4, 0.5) is 0 Å². The predicted molar refractivity (Wildman–Crippen MR) is 75.7 cm³/mol. The molecule has 1 amide bonds. The van der Waals surface area contributed by atoms with E-state index in [1.807, 2.05) is 0 Å². The molecule has 1 unspecified atom stereocenters. The third kappa shape index (κ3) is 6.36. The Morgan fingerprint density at radius 2 is 1.94 bits per heavy atom. The first-order chi connectivity index (χ1) is 8.76. The molecule has 1 aliphatic heterocycles. The zero-order chi connectivity index (χ0) is 13.2. The van der Waals surface area contributed by atoms with Crippen molar-refractivity contribution in [3.8, 4) is 0 Å². The Morgan fingerprint density at radius 1 is 1.22 bits per heavy atom. The molecule has 0 saturated carbocycles. The van der Waals surface area contributed by atoms with Crippen molar-refractivity contribution in [2.75, 3.05) is 32.7 Å². The molecule has 1 aliphatic rings. The van der Waals surface area contributed by atoms with Crippen LogP contribution in [0.5, 0.6) is 0 Å². The first-order valence-electron chi connectivity index (χ1n) is 7.48. The fourth-order valence-corrected chi connectivity index (χ4v) is 2.43. The van der Waals surface area contributed by atoms with Crippen LogP contribution < -0.4 is 10.6 Å². The average molecular weight is 255 g/mol. The van der Waals surface area contributed by atoms with Gasteiger partial charge in [0.2, 0.25) is 5.91 Å². The molecule has 106 valence electrons. The van der Waals surface area contributed by atoms with Crippen molar-refractivity contribution in [2.45, 2.75) is 52.0 Å². The van der Waals surface area contributed by atoms with Gasteiger partial charge in [-0.3, -0.25) is 9.69 Å². The molecule has 2 N–H and O–H groups in total. The third-order valence-electron chi connectivity index (χ3n) is 3.49. The van der Waals surface area contributed by atoms with Gasteiger partial charge in [-0.05, 0) is 12.8 Å². The van der Waals surface area contributed by atoms with Crippen LogP contribution in [-0.2, 0) is 4.79 Å². The van der Waals surface area contributed by atoms with E-state index >= 15 is 0 Å². The molecule has 0 spiro atoms. The first-order valence-corrected chi connectivity index (χ1v) is 7.48. The fourth-order valence-electron chi connectivity index (χ4n) is 2.43. The summed E-state index contributed by atoms with van der Waals surface area (Å²) in [7, 11) is 0. The number of hydrogen-bond acceptors (Lipinski definition) is 3. The average Bonchev–Trinajstić information content (AvgIpc) is 2.37. The SMILES string of the molecule is CCCCC(CCC)NC(=O)CN1CCNCC1. The van der Waals surface area contributed by atoms with E-state index in [1.54, 1.807) is 0 Å². The summed E-state index contributed by atoms with van der Waals surface area (Å²) in [6.45, 7) is 8.92. The van der Waals surface area contributed by atoms with E-state index in [4.69, 9.17) is 0 Å². The highest BCUT2D eigenvalue weighted by atomic mass is 16.2. The van der Waals surface area contributed by atoms with E-state index in [2.05, 4.69) is 29.4 Å². The second-order valence-electron chi connectivity index (χ2n) is 5.22. The second kappa shape index (κ2) is 9.34. The van der Waals surface area contributed by atoms with Crippen LogP contribution in [0.3, 0.4) is 0 Å². The quantitative estimate of drug-likeness (QED) is 0.688. The molecule has 0 radical (unpaired) electrons. The molecule has 1 rings (SSSR count). The number of hydrogen-bond donors (Lipinski definition) is 2. The molecule has 0 aromatic carbocycles. The summed E-state index contributed by atoms with van der Waals surface area (Å²) in [6.07, 6.45) is 5.78. The highest BCUT2D eigenvalue weighted by molar-refractivity contribution is 5.78. The Labute approximate surface area is 111 Å². The molecule has 1 heterocycles. The van der Waals surface area contributed by atoms with Crippen LogP contribution in [-0.4, -0.2) is 49.6 Å². The number of carbonyl (C=O) groups excluding carboxylic acids is 1. The Kier molecular flexibility index (Phi) is 8.01. The minimum Gasteiger partial charge on any atom is -0.352 e. The lowest BCUT2D eigenvalue weighted by molar-refractivity contribution is -0.123. The van der Waals surface area contributed by atoms with E-state index in [-0.39, 0.29) is 5.91 Å². The maximum absolute atomic E-state index is 12.0. The summed E-state index contributed by atoms with van der Waals surface area (Å²) in [6, 6.07) is 0.380. The maximum Gasteiger partial charge on any atom is 0.234 e. The lowest BCUT2D eigenvalue weighted by Crippen LogP contribution is -2.49. The molecule has 0 aromatic heterocycles. The van der Waals surface area contributed by atoms with Crippen molar-refractivity contribution in [1.29, 1.82) is 0 Å². The fraction of sp³-hybridized carbons (Fsp3) is 0.929. The first kappa shape index (κ1) is 15.4. The number of carbonyl (C=O) groups is 1. The van der Waals surface area contributed by atoms with Gasteiger partial charge in [-0.2, -0.15) is 0 Å². The van der Waals surface area contributed by atoms with Crippen LogP contribution >= 0.6 is 0 Å². The summed E-state index contributed by atoms with van der Waals surface area (Å²) < 4.78 is 0. The lowest BCUT2D eigenvalue weighted by atomic mass is 10.1. The van der Waals surface area contributed by atoms with Crippen LogP contribution in [0.2, 0.25) is 0 Å². The van der Waals surface area contributed by atoms with E-state index in [0.29, 0.717) is 12.6 Å². The van der Waals surface area contributed by atoms with Crippen molar-refractivity contribution in [3.05, 3.63) is 0 Å². The van der Waals surface area contributed by atoms with Crippen molar-refractivity contribution in [1.82, 2.24) is 15.5 Å². The standard InChI is InChI=1S/C14H29N3O/c1-3-5-7-13(6-4-2)16-14(18)12-17-10-8-15-9-11-17/h13,15H,3-12H2,1-2H3,(H,16,18). The Balaban J connectivity index is 2.25. The van der Waals surface area contributed by atoms with Gasteiger partial charge in [0.05, 0.1) is 6.54 Å². The molecule has 4 nitrogen and oxygen atoms in total. The summed E-state index contributed by atoms with van der Waals surface area (Å²) in [5.74, 6) is 0.200. The van der Waals surface area contributed by atoms with Gasteiger partial charge in [0.15, 0.2) is 0 Å². The number of amides is 1. The van der Waals surface area contributed by atoms with Crippen molar-refractivity contribution < 1.29 is 4.79 Å². The van der Waals surface area contributed by atoms with Crippen molar-refractivity contribution in [2.24, 2.45) is 0 Å². The van der Waals surface area contributed by atoms with E-state index < -0.39 is 0 Å². The smallest absolute Gasteiger partial charge is 0.234 e. The van der Waals surface area contributed by atoms with Crippen LogP contribution in [0.1, 0.15) is 46.0 Å². The predicted octanol–water partition coefficient (Wildman–Crippen LogP) is 1.37. The highest BCUT2D eigenvalue weighted by Gasteiger charge is 2.16. The Hall–Kier alpha value is -0.610. The second-order valence-corrected chi connectivity index (χ2v) is 5.22. The van der Waals surface area contributed by atoms with Crippen LogP contribution in [0.15, 0.2) is 0 Å². The van der Waals surface area contributed by atoms with Gasteiger partial charge in [0.1, 0.15) is 0 Å². The number of piperazine rings is 1. The third-order valence-corrected chi connectivity index (χ3v) is 3.49. The monoisotopic (exact) mass is 255 g/mol. The molecule has 0 aromatic rings. The van der Waals surface area contributed by atoms with Crippen LogP contribution in [0, 0.1) is 0 Å². The highest BCUT2D eigenvalue weighted by Crippen LogP contribution is 2.06. The minimum atomic E-state index is 0.200. The molecule has 0 bridgehead atoms. The van der Waals surface area contributed by atoms with Gasteiger partial charge in [0.25, 0.3) is 0 Å². The molecule has 1 atom stereocenters. The maximum atomic E-state index is 12.0. The molecular weight excluding hydrogens is 226 g/mol. The largest absolute Gasteiger partial charge is 0.352 e. The van der Waals surface area contributed by atoms with E-state index in [1.165, 1.54) is 12.8 Å². The zero-order valence-corrected chi connectivity index (χ0v) is 12.0. The summed E-state index contributed by atoms with van der Waals surface area (Å²) in [5, 5.41) is 6.50. The molecular formula is C14H29N3O. The van der Waals surface area contributed by atoms with Gasteiger partial charge in [-0.25, -0.2) is 0 Å². The van der Waals surface area contributed by atoms with E-state index in [9.17, 15) is 4.79 Å². The molecule has 0 aliphatic carbocycles.